The van der Waals surface area contributed by atoms with Gasteiger partial charge in [0.05, 0.1) is 21.8 Å². The van der Waals surface area contributed by atoms with Crippen LogP contribution in [0.25, 0.3) is 0 Å². The second-order valence-corrected chi connectivity index (χ2v) is 8.21. The second-order valence-electron chi connectivity index (χ2n) is 6.41. The van der Waals surface area contributed by atoms with Crippen LogP contribution in [0.5, 0.6) is 0 Å². The summed E-state index contributed by atoms with van der Waals surface area (Å²) < 4.78 is 0. The highest BCUT2D eigenvalue weighted by Crippen LogP contribution is 2.26. The summed E-state index contributed by atoms with van der Waals surface area (Å²) in [7, 11) is 0. The van der Waals surface area contributed by atoms with Crippen LogP contribution in [0, 0.1) is 0 Å². The second kappa shape index (κ2) is 8.48. The molecule has 1 unspecified atom stereocenters. The van der Waals surface area contributed by atoms with Crippen LogP contribution in [-0.2, 0) is 23.4 Å². The first-order chi connectivity index (χ1) is 12.0. The predicted octanol–water partition coefficient (Wildman–Crippen LogP) is 5.59. The molecule has 0 aliphatic heterocycles. The van der Waals surface area contributed by atoms with Gasteiger partial charge in [0.25, 0.3) is 0 Å². The number of halogens is 2. The quantitative estimate of drug-likeness (QED) is 0.692. The van der Waals surface area contributed by atoms with E-state index in [0.29, 0.717) is 15.8 Å². The Hall–Kier alpha value is -1.16. The fourth-order valence-electron chi connectivity index (χ4n) is 3.12. The van der Waals surface area contributed by atoms with Crippen LogP contribution < -0.4 is 5.32 Å². The van der Waals surface area contributed by atoms with E-state index in [0.717, 1.165) is 17.7 Å². The molecule has 5 heteroatoms. The Bertz CT molecular complexity index is 778. The summed E-state index contributed by atoms with van der Waals surface area (Å²) in [6.45, 7) is 2.04. The van der Waals surface area contributed by atoms with Gasteiger partial charge in [0, 0.05) is 5.75 Å². The smallest absolute Gasteiger partial charge is 0.230 e. The van der Waals surface area contributed by atoms with Gasteiger partial charge in [0.15, 0.2) is 0 Å². The molecule has 1 aliphatic carbocycles. The van der Waals surface area contributed by atoms with Crippen LogP contribution >= 0.6 is 35.0 Å². The van der Waals surface area contributed by atoms with Crippen LogP contribution in [0.4, 0.5) is 0 Å². The lowest BCUT2D eigenvalue weighted by atomic mass is 10.0. The molecular weight excluding hydrogens is 373 g/mol. The highest BCUT2D eigenvalue weighted by atomic mass is 35.5. The van der Waals surface area contributed by atoms with Crippen molar-refractivity contribution in [1.82, 2.24) is 5.32 Å². The molecule has 2 aromatic carbocycles. The minimum atomic E-state index is 0.0315. The third-order valence-electron chi connectivity index (χ3n) is 4.49. The van der Waals surface area contributed by atoms with Crippen molar-refractivity contribution in [2.24, 2.45) is 0 Å². The van der Waals surface area contributed by atoms with Gasteiger partial charge in [0.2, 0.25) is 5.91 Å². The van der Waals surface area contributed by atoms with Gasteiger partial charge in [-0.3, -0.25) is 4.79 Å². The van der Waals surface area contributed by atoms with E-state index >= 15 is 0 Å². The van der Waals surface area contributed by atoms with E-state index in [4.69, 9.17) is 23.2 Å². The molecule has 0 saturated carbocycles. The summed E-state index contributed by atoms with van der Waals surface area (Å²) in [4.78, 5) is 12.2. The van der Waals surface area contributed by atoms with E-state index in [9.17, 15) is 4.79 Å². The number of carbonyl (C=O) groups is 1. The topological polar surface area (TPSA) is 29.1 Å². The Balaban J connectivity index is 1.48. The maximum absolute atomic E-state index is 12.2. The zero-order valence-electron chi connectivity index (χ0n) is 14.1. The fourth-order valence-corrected chi connectivity index (χ4v) is 4.23. The highest BCUT2D eigenvalue weighted by Gasteiger charge is 2.15. The molecule has 1 N–H and O–H groups in total. The van der Waals surface area contributed by atoms with Crippen molar-refractivity contribution in [3.63, 3.8) is 0 Å². The van der Waals surface area contributed by atoms with Gasteiger partial charge in [-0.2, -0.15) is 0 Å². The molecule has 1 atom stereocenters. The van der Waals surface area contributed by atoms with Gasteiger partial charge in [-0.1, -0.05) is 47.5 Å². The van der Waals surface area contributed by atoms with Gasteiger partial charge >= 0.3 is 0 Å². The zero-order valence-corrected chi connectivity index (χ0v) is 16.5. The maximum Gasteiger partial charge on any atom is 0.230 e. The number of carbonyl (C=O) groups excluding carboxylic acids is 1. The van der Waals surface area contributed by atoms with Crippen LogP contribution in [0.3, 0.4) is 0 Å². The van der Waals surface area contributed by atoms with E-state index in [2.05, 4.69) is 23.5 Å². The number of hydrogen-bond acceptors (Lipinski definition) is 2. The van der Waals surface area contributed by atoms with Gasteiger partial charge in [0.1, 0.15) is 0 Å². The summed E-state index contributed by atoms with van der Waals surface area (Å²) >= 11 is 13.5. The molecule has 1 amide bonds. The zero-order chi connectivity index (χ0) is 17.8. The Morgan fingerprint density at radius 3 is 2.72 bits per heavy atom. The molecule has 0 aromatic heterocycles. The van der Waals surface area contributed by atoms with Crippen LogP contribution in [0.1, 0.15) is 41.6 Å². The number of hydrogen-bond donors (Lipinski definition) is 1. The number of aryl methyl sites for hydroxylation is 2. The number of benzene rings is 2. The van der Waals surface area contributed by atoms with Gasteiger partial charge in [-0.15, -0.1) is 11.8 Å². The molecule has 0 bridgehead atoms. The van der Waals surface area contributed by atoms with Gasteiger partial charge < -0.3 is 5.32 Å². The van der Waals surface area contributed by atoms with Crippen LogP contribution in [0.15, 0.2) is 36.4 Å². The minimum Gasteiger partial charge on any atom is -0.349 e. The molecule has 0 radical (unpaired) electrons. The molecular formula is C20H21Cl2NOS. The van der Waals surface area contributed by atoms with Crippen molar-refractivity contribution in [2.45, 2.75) is 38.0 Å². The van der Waals surface area contributed by atoms with Crippen LogP contribution in [-0.4, -0.2) is 11.7 Å². The lowest BCUT2D eigenvalue weighted by Gasteiger charge is -2.15. The van der Waals surface area contributed by atoms with E-state index in [1.54, 1.807) is 17.8 Å². The van der Waals surface area contributed by atoms with E-state index in [1.807, 2.05) is 19.1 Å². The van der Waals surface area contributed by atoms with E-state index in [1.165, 1.54) is 29.5 Å². The minimum absolute atomic E-state index is 0.0315. The molecule has 1 aliphatic rings. The van der Waals surface area contributed by atoms with E-state index < -0.39 is 0 Å². The average Bonchev–Trinajstić information content (AvgIpc) is 3.05. The Morgan fingerprint density at radius 1 is 1.12 bits per heavy atom. The molecule has 0 fully saturated rings. The number of nitrogens with one attached hydrogen (secondary N) is 1. The number of rotatable bonds is 6. The molecule has 0 spiro atoms. The lowest BCUT2D eigenvalue weighted by molar-refractivity contribution is -0.119. The van der Waals surface area contributed by atoms with Crippen molar-refractivity contribution in [2.75, 3.05) is 5.75 Å². The first kappa shape index (κ1) is 18.6. The number of amides is 1. The SMILES string of the molecule is CC(NC(=O)CSCc1ccc(Cl)c(Cl)c1)c1ccc2c(c1)CCC2. The highest BCUT2D eigenvalue weighted by molar-refractivity contribution is 7.99. The van der Waals surface area contributed by atoms with E-state index in [-0.39, 0.29) is 11.9 Å². The first-order valence-electron chi connectivity index (χ1n) is 8.45. The average molecular weight is 394 g/mol. The fraction of sp³-hybridized carbons (Fsp3) is 0.350. The van der Waals surface area contributed by atoms with Crippen molar-refractivity contribution >= 4 is 40.9 Å². The van der Waals surface area contributed by atoms with Crippen molar-refractivity contribution in [3.8, 4) is 0 Å². The maximum atomic E-state index is 12.2. The molecule has 3 rings (SSSR count). The Labute approximate surface area is 163 Å². The summed E-state index contributed by atoms with van der Waals surface area (Å²) in [5, 5.41) is 4.19. The molecule has 132 valence electrons. The monoisotopic (exact) mass is 393 g/mol. The van der Waals surface area contributed by atoms with Gasteiger partial charge in [-0.25, -0.2) is 0 Å². The number of thioether (sulfide) groups is 1. The third kappa shape index (κ3) is 4.93. The predicted molar refractivity (Wildman–Crippen MR) is 108 cm³/mol. The third-order valence-corrected chi connectivity index (χ3v) is 6.23. The summed E-state index contributed by atoms with van der Waals surface area (Å²) in [5.74, 6) is 1.21. The molecule has 0 saturated heterocycles. The number of fused-ring (bicyclic) bond motifs is 1. The Kier molecular flexibility index (Phi) is 6.32. The molecule has 2 nitrogen and oxygen atoms in total. The summed E-state index contributed by atoms with van der Waals surface area (Å²) in [6, 6.07) is 12.2. The van der Waals surface area contributed by atoms with Crippen molar-refractivity contribution < 1.29 is 4.79 Å². The van der Waals surface area contributed by atoms with Crippen LogP contribution in [0.2, 0.25) is 10.0 Å². The summed E-state index contributed by atoms with van der Waals surface area (Å²) in [6.07, 6.45) is 3.58. The lowest BCUT2D eigenvalue weighted by Crippen LogP contribution is -2.28. The summed E-state index contributed by atoms with van der Waals surface area (Å²) in [5.41, 5.74) is 5.15. The van der Waals surface area contributed by atoms with Crippen molar-refractivity contribution in [3.05, 3.63) is 68.7 Å². The Morgan fingerprint density at radius 2 is 1.92 bits per heavy atom. The molecule has 2 aromatic rings. The largest absolute Gasteiger partial charge is 0.349 e. The first-order valence-corrected chi connectivity index (χ1v) is 10.4. The molecule has 25 heavy (non-hydrogen) atoms. The van der Waals surface area contributed by atoms with Gasteiger partial charge in [-0.05, 0) is 60.6 Å². The van der Waals surface area contributed by atoms with Crippen molar-refractivity contribution in [1.29, 1.82) is 0 Å². The normalized spacial score (nSPS) is 14.2. The standard InChI is InChI=1S/C20H21Cl2NOS/c1-13(16-7-6-15-3-2-4-17(15)10-16)23-20(24)12-25-11-14-5-8-18(21)19(22)9-14/h5-10,13H,2-4,11-12H2,1H3,(H,23,24). The molecule has 0 heterocycles.